The minimum Gasteiger partial charge on any atom is -0.326 e. The molecule has 0 aliphatic carbocycles. The summed E-state index contributed by atoms with van der Waals surface area (Å²) in [5.74, 6) is -0.0256. The van der Waals surface area contributed by atoms with Crippen molar-refractivity contribution in [2.75, 3.05) is 5.32 Å². The molecule has 0 saturated heterocycles. The maximum absolute atomic E-state index is 12.2. The number of pyridine rings is 1. The van der Waals surface area contributed by atoms with Gasteiger partial charge < -0.3 is 5.32 Å². The van der Waals surface area contributed by atoms with Gasteiger partial charge in [-0.2, -0.15) is 0 Å². The van der Waals surface area contributed by atoms with E-state index < -0.39 is 0 Å². The standard InChI is InChI=1S/C19H18N2O/c1-2-14-8-10-17(11-9-14)21-18(22)13-16-6-3-5-15-7-4-12-20-19(15)16/h3-12H,2,13H2,1H3,(H,21,22). The molecule has 3 rings (SSSR count). The number of rotatable bonds is 4. The molecule has 0 bridgehead atoms. The molecule has 2 aromatic carbocycles. The van der Waals surface area contributed by atoms with E-state index in [0.717, 1.165) is 28.6 Å². The molecule has 3 heteroatoms. The Kier molecular flexibility index (Phi) is 4.15. The lowest BCUT2D eigenvalue weighted by Gasteiger charge is -2.08. The molecule has 0 fully saturated rings. The molecule has 3 nitrogen and oxygen atoms in total. The fourth-order valence-corrected chi connectivity index (χ4v) is 2.51. The number of hydrogen-bond donors (Lipinski definition) is 1. The molecule has 1 amide bonds. The van der Waals surface area contributed by atoms with Crippen LogP contribution in [0.15, 0.2) is 60.8 Å². The van der Waals surface area contributed by atoms with E-state index in [2.05, 4.69) is 17.2 Å². The first-order valence-electron chi connectivity index (χ1n) is 7.47. The van der Waals surface area contributed by atoms with Crippen molar-refractivity contribution in [2.45, 2.75) is 19.8 Å². The number of aryl methyl sites for hydroxylation is 1. The predicted octanol–water partition coefficient (Wildman–Crippen LogP) is 3.98. The van der Waals surface area contributed by atoms with Crippen molar-refractivity contribution in [2.24, 2.45) is 0 Å². The van der Waals surface area contributed by atoms with Crippen LogP contribution in [0.1, 0.15) is 18.1 Å². The summed E-state index contributed by atoms with van der Waals surface area (Å²) in [5, 5.41) is 4.00. The molecule has 1 aromatic heterocycles. The fourth-order valence-electron chi connectivity index (χ4n) is 2.51. The van der Waals surface area contributed by atoms with Gasteiger partial charge in [-0.1, -0.05) is 43.3 Å². The van der Waals surface area contributed by atoms with Gasteiger partial charge in [-0.25, -0.2) is 0 Å². The molecule has 0 radical (unpaired) electrons. The van der Waals surface area contributed by atoms with E-state index in [0.29, 0.717) is 6.42 Å². The third kappa shape index (κ3) is 3.14. The van der Waals surface area contributed by atoms with E-state index in [1.54, 1.807) is 6.20 Å². The molecule has 110 valence electrons. The second kappa shape index (κ2) is 6.39. The quantitative estimate of drug-likeness (QED) is 0.789. The monoisotopic (exact) mass is 290 g/mol. The summed E-state index contributed by atoms with van der Waals surface area (Å²) in [6.07, 6.45) is 3.08. The van der Waals surface area contributed by atoms with Crippen molar-refractivity contribution in [3.63, 3.8) is 0 Å². The van der Waals surface area contributed by atoms with Gasteiger partial charge in [-0.15, -0.1) is 0 Å². The second-order valence-corrected chi connectivity index (χ2v) is 5.27. The van der Waals surface area contributed by atoms with E-state index in [-0.39, 0.29) is 5.91 Å². The summed E-state index contributed by atoms with van der Waals surface area (Å²) in [4.78, 5) is 16.6. The van der Waals surface area contributed by atoms with Crippen LogP contribution in [-0.2, 0) is 17.6 Å². The van der Waals surface area contributed by atoms with Crippen LogP contribution in [0.2, 0.25) is 0 Å². The lowest BCUT2D eigenvalue weighted by molar-refractivity contribution is -0.115. The molecule has 0 saturated carbocycles. The Hall–Kier alpha value is -2.68. The second-order valence-electron chi connectivity index (χ2n) is 5.27. The summed E-state index contributed by atoms with van der Waals surface area (Å²) < 4.78 is 0. The molecular formula is C19H18N2O. The fraction of sp³-hybridized carbons (Fsp3) is 0.158. The summed E-state index contributed by atoms with van der Waals surface area (Å²) in [6, 6.07) is 17.8. The molecule has 0 aliphatic heterocycles. The Morgan fingerprint density at radius 3 is 2.59 bits per heavy atom. The first kappa shape index (κ1) is 14.3. The molecule has 0 atom stereocenters. The smallest absolute Gasteiger partial charge is 0.228 e. The van der Waals surface area contributed by atoms with Crippen LogP contribution >= 0.6 is 0 Å². The topological polar surface area (TPSA) is 42.0 Å². The number of aromatic nitrogens is 1. The maximum atomic E-state index is 12.2. The first-order chi connectivity index (χ1) is 10.8. The molecule has 0 spiro atoms. The SMILES string of the molecule is CCc1ccc(NC(=O)Cc2cccc3cccnc23)cc1. The van der Waals surface area contributed by atoms with Crippen LogP contribution in [0.5, 0.6) is 0 Å². The van der Waals surface area contributed by atoms with Crippen LogP contribution in [-0.4, -0.2) is 10.9 Å². The van der Waals surface area contributed by atoms with Crippen molar-refractivity contribution in [1.29, 1.82) is 0 Å². The molecule has 1 heterocycles. The summed E-state index contributed by atoms with van der Waals surface area (Å²) in [6.45, 7) is 2.11. The predicted molar refractivity (Wildman–Crippen MR) is 89.9 cm³/mol. The zero-order valence-electron chi connectivity index (χ0n) is 12.5. The number of nitrogens with one attached hydrogen (secondary N) is 1. The maximum Gasteiger partial charge on any atom is 0.228 e. The third-order valence-electron chi connectivity index (χ3n) is 3.71. The lowest BCUT2D eigenvalue weighted by Crippen LogP contribution is -2.14. The van der Waals surface area contributed by atoms with Gasteiger partial charge in [0.2, 0.25) is 5.91 Å². The third-order valence-corrected chi connectivity index (χ3v) is 3.71. The number of carbonyl (C=O) groups is 1. The van der Waals surface area contributed by atoms with Crippen LogP contribution < -0.4 is 5.32 Å². The van der Waals surface area contributed by atoms with Crippen LogP contribution in [0.25, 0.3) is 10.9 Å². The number of benzene rings is 2. The van der Waals surface area contributed by atoms with Gasteiger partial charge in [0.15, 0.2) is 0 Å². The van der Waals surface area contributed by atoms with E-state index in [1.807, 2.05) is 54.6 Å². The number of anilines is 1. The minimum atomic E-state index is -0.0256. The number of fused-ring (bicyclic) bond motifs is 1. The molecule has 22 heavy (non-hydrogen) atoms. The van der Waals surface area contributed by atoms with Crippen LogP contribution in [0, 0.1) is 0 Å². The molecule has 0 aliphatic rings. The van der Waals surface area contributed by atoms with Crippen molar-refractivity contribution < 1.29 is 4.79 Å². The van der Waals surface area contributed by atoms with E-state index in [9.17, 15) is 4.79 Å². The van der Waals surface area contributed by atoms with Gasteiger partial charge in [0.1, 0.15) is 0 Å². The highest BCUT2D eigenvalue weighted by molar-refractivity contribution is 5.95. The highest BCUT2D eigenvalue weighted by Gasteiger charge is 2.08. The zero-order chi connectivity index (χ0) is 15.4. The lowest BCUT2D eigenvalue weighted by atomic mass is 10.1. The van der Waals surface area contributed by atoms with Gasteiger partial charge in [0.05, 0.1) is 11.9 Å². The molecule has 0 unspecified atom stereocenters. The highest BCUT2D eigenvalue weighted by atomic mass is 16.1. The van der Waals surface area contributed by atoms with E-state index in [1.165, 1.54) is 5.56 Å². The van der Waals surface area contributed by atoms with Gasteiger partial charge in [-0.05, 0) is 35.7 Å². The van der Waals surface area contributed by atoms with Gasteiger partial charge in [0.25, 0.3) is 0 Å². The average molecular weight is 290 g/mol. The van der Waals surface area contributed by atoms with Crippen LogP contribution in [0.4, 0.5) is 5.69 Å². The Bertz CT molecular complexity index is 789. The zero-order valence-corrected chi connectivity index (χ0v) is 12.5. The van der Waals surface area contributed by atoms with Crippen LogP contribution in [0.3, 0.4) is 0 Å². The van der Waals surface area contributed by atoms with Crippen molar-refractivity contribution in [1.82, 2.24) is 4.98 Å². The molecule has 1 N–H and O–H groups in total. The number of carbonyl (C=O) groups excluding carboxylic acids is 1. The van der Waals surface area contributed by atoms with Gasteiger partial charge in [0, 0.05) is 17.3 Å². The largest absolute Gasteiger partial charge is 0.326 e. The Morgan fingerprint density at radius 1 is 1.05 bits per heavy atom. The molecular weight excluding hydrogens is 272 g/mol. The number of hydrogen-bond acceptors (Lipinski definition) is 2. The molecule has 3 aromatic rings. The van der Waals surface area contributed by atoms with Gasteiger partial charge >= 0.3 is 0 Å². The Balaban J connectivity index is 1.75. The van der Waals surface area contributed by atoms with E-state index >= 15 is 0 Å². The summed E-state index contributed by atoms with van der Waals surface area (Å²) >= 11 is 0. The number of nitrogens with zero attached hydrogens (tertiary/aromatic N) is 1. The number of para-hydroxylation sites is 1. The average Bonchev–Trinajstić information content (AvgIpc) is 2.56. The normalized spacial score (nSPS) is 10.6. The van der Waals surface area contributed by atoms with Crippen molar-refractivity contribution in [3.05, 3.63) is 71.9 Å². The summed E-state index contributed by atoms with van der Waals surface area (Å²) in [7, 11) is 0. The number of amides is 1. The van der Waals surface area contributed by atoms with Gasteiger partial charge in [-0.3, -0.25) is 9.78 Å². The van der Waals surface area contributed by atoms with Crippen molar-refractivity contribution in [3.8, 4) is 0 Å². The highest BCUT2D eigenvalue weighted by Crippen LogP contribution is 2.17. The Labute approximate surface area is 130 Å². The Morgan fingerprint density at radius 2 is 1.82 bits per heavy atom. The summed E-state index contributed by atoms with van der Waals surface area (Å²) in [5.41, 5.74) is 3.92. The van der Waals surface area contributed by atoms with E-state index in [4.69, 9.17) is 0 Å². The van der Waals surface area contributed by atoms with Crippen molar-refractivity contribution >= 4 is 22.5 Å². The first-order valence-corrected chi connectivity index (χ1v) is 7.47. The minimum absolute atomic E-state index is 0.0256.